The van der Waals surface area contributed by atoms with Gasteiger partial charge in [0.2, 0.25) is 0 Å². The summed E-state index contributed by atoms with van der Waals surface area (Å²) < 4.78 is 0. The summed E-state index contributed by atoms with van der Waals surface area (Å²) in [7, 11) is 0. The van der Waals surface area contributed by atoms with E-state index in [2.05, 4.69) is 22.6 Å². The smallest absolute Gasteiger partial charge is 0 e. The minimum atomic E-state index is 0. The predicted octanol–water partition coefficient (Wildman–Crippen LogP) is 4.79. The van der Waals surface area contributed by atoms with Crippen LogP contribution in [0, 0.1) is 0 Å². The summed E-state index contributed by atoms with van der Waals surface area (Å²) in [5.74, 6) is 0. The minimum absolute atomic E-state index is 0. The number of rotatable bonds is 0. The van der Waals surface area contributed by atoms with Crippen molar-refractivity contribution in [3.05, 3.63) is 36.4 Å². The van der Waals surface area contributed by atoms with Crippen LogP contribution in [0.4, 0.5) is 0 Å². The van der Waals surface area contributed by atoms with Gasteiger partial charge in [0.05, 0.1) is 0 Å². The molecule has 1 aromatic rings. The van der Waals surface area contributed by atoms with Crippen molar-refractivity contribution in [1.29, 1.82) is 0 Å². The maximum absolute atomic E-state index is 2.15. The average molecular weight is 458 g/mol. The zero-order valence-corrected chi connectivity index (χ0v) is 17.8. The molecule has 1 aromatic carbocycles. The van der Waals surface area contributed by atoms with Crippen molar-refractivity contribution in [2.75, 3.05) is 4.93 Å². The van der Waals surface area contributed by atoms with E-state index in [0.29, 0.717) is 0 Å². The first-order valence-corrected chi connectivity index (χ1v) is 6.54. The zero-order valence-electron chi connectivity index (χ0n) is 10.00. The minimum Gasteiger partial charge on any atom is -0.0901 e. The van der Waals surface area contributed by atoms with Crippen LogP contribution < -0.4 is 0 Å². The van der Waals surface area contributed by atoms with Gasteiger partial charge in [-0.25, -0.2) is 0 Å². The fourth-order valence-corrected chi connectivity index (χ4v) is 0.385. The molecular formula is C11H21IY2. The molecule has 0 aliphatic heterocycles. The molecule has 0 N–H and O–H groups in total. The van der Waals surface area contributed by atoms with Crippen LogP contribution in [0.3, 0.4) is 0 Å². The van der Waals surface area contributed by atoms with Crippen molar-refractivity contribution < 1.29 is 65.4 Å². The van der Waals surface area contributed by atoms with E-state index in [1.807, 2.05) is 69.0 Å². The van der Waals surface area contributed by atoms with Crippen LogP contribution in [-0.2, 0) is 65.4 Å². The van der Waals surface area contributed by atoms with Gasteiger partial charge in [-0.3, -0.25) is 0 Å². The Morgan fingerprint density at radius 2 is 0.571 bits per heavy atom. The van der Waals surface area contributed by atoms with E-state index in [9.17, 15) is 0 Å². The summed E-state index contributed by atoms with van der Waals surface area (Å²) in [5.41, 5.74) is 0. The van der Waals surface area contributed by atoms with Crippen molar-refractivity contribution in [3.8, 4) is 0 Å². The van der Waals surface area contributed by atoms with Crippen molar-refractivity contribution >= 4 is 22.6 Å². The van der Waals surface area contributed by atoms with Gasteiger partial charge < -0.3 is 0 Å². The summed E-state index contributed by atoms with van der Waals surface area (Å²) in [6.07, 6.45) is 0. The molecule has 0 aromatic heterocycles. The molecular weight excluding hydrogens is 437 g/mol. The molecule has 0 spiro atoms. The van der Waals surface area contributed by atoms with E-state index in [1.165, 1.54) is 0 Å². The van der Waals surface area contributed by atoms with Gasteiger partial charge in [0.15, 0.2) is 0 Å². The third kappa shape index (κ3) is 36.8. The van der Waals surface area contributed by atoms with E-state index in [0.717, 1.165) is 0 Å². The number of benzene rings is 1. The first kappa shape index (κ1) is 29.8. The second-order valence-electron chi connectivity index (χ2n) is 1.15. The van der Waals surface area contributed by atoms with Crippen molar-refractivity contribution in [3.63, 3.8) is 0 Å². The molecule has 0 amide bonds. The van der Waals surface area contributed by atoms with Gasteiger partial charge >= 0.3 is 0 Å². The third-order valence-corrected chi connectivity index (χ3v) is 0.667. The Kier molecular flexibility index (Phi) is 97.2. The van der Waals surface area contributed by atoms with Crippen LogP contribution in [0.2, 0.25) is 0 Å². The fraction of sp³-hybridized carbons (Fsp3) is 0.455. The molecule has 1 rings (SSSR count). The van der Waals surface area contributed by atoms with Gasteiger partial charge in [0.25, 0.3) is 0 Å². The molecule has 78 valence electrons. The normalized spacial score (nSPS) is 4.71. The molecule has 3 heteroatoms. The van der Waals surface area contributed by atoms with Crippen molar-refractivity contribution in [2.24, 2.45) is 0 Å². The summed E-state index contributed by atoms with van der Waals surface area (Å²) >= 11 is 2.15. The Balaban J connectivity index is -0.0000000300. The first-order valence-electron chi connectivity index (χ1n) is 4.38. The number of hydrogen-bond acceptors (Lipinski definition) is 0. The Morgan fingerprint density at radius 3 is 0.643 bits per heavy atom. The summed E-state index contributed by atoms with van der Waals surface area (Å²) in [5, 5.41) is 0. The molecule has 2 radical (unpaired) electrons. The monoisotopic (exact) mass is 458 g/mol. The van der Waals surface area contributed by atoms with Gasteiger partial charge in [-0.1, -0.05) is 86.7 Å². The second kappa shape index (κ2) is 45.7. The molecule has 0 saturated carbocycles. The number of hydrogen-bond donors (Lipinski definition) is 0. The van der Waals surface area contributed by atoms with Gasteiger partial charge in [0, 0.05) is 65.4 Å². The zero-order chi connectivity index (χ0) is 10.2. The number of alkyl halides is 1. The summed E-state index contributed by atoms with van der Waals surface area (Å²) in [6, 6.07) is 12.0. The Hall–Kier alpha value is 2.16. The van der Waals surface area contributed by atoms with Crippen LogP contribution in [0.25, 0.3) is 0 Å². The molecule has 0 saturated heterocycles. The standard InChI is InChI=1S/C6H6.2C2H6.CH3I.2Y/c1-2-4-6-5-3-1;3*1-2;;/h1-6H;2*1-2H3;1H3;;. The topological polar surface area (TPSA) is 0 Å². The van der Waals surface area contributed by atoms with Gasteiger partial charge in [0.1, 0.15) is 0 Å². The molecule has 0 fully saturated rings. The van der Waals surface area contributed by atoms with E-state index < -0.39 is 0 Å². The van der Waals surface area contributed by atoms with Crippen molar-refractivity contribution in [2.45, 2.75) is 27.7 Å². The third-order valence-electron chi connectivity index (χ3n) is 0.667. The second-order valence-corrected chi connectivity index (χ2v) is 1.15. The first-order chi connectivity index (χ1) is 6.00. The molecule has 0 unspecified atom stereocenters. The summed E-state index contributed by atoms with van der Waals surface area (Å²) in [4.78, 5) is 1.97. The van der Waals surface area contributed by atoms with Gasteiger partial charge in [-0.15, -0.1) is 0 Å². The van der Waals surface area contributed by atoms with Crippen LogP contribution in [-0.4, -0.2) is 4.93 Å². The van der Waals surface area contributed by atoms with Crippen LogP contribution in [0.5, 0.6) is 0 Å². The number of halogens is 1. The fourth-order valence-electron chi connectivity index (χ4n) is 0.385. The largest absolute Gasteiger partial charge is 0.0901 e. The molecule has 0 bridgehead atoms. The Bertz CT molecular complexity index is 85.2. The Labute approximate surface area is 154 Å². The quantitative estimate of drug-likeness (QED) is 0.388. The van der Waals surface area contributed by atoms with Gasteiger partial charge in [-0.05, 0) is 4.93 Å². The van der Waals surface area contributed by atoms with Crippen LogP contribution in [0.15, 0.2) is 36.4 Å². The molecule has 0 heterocycles. The summed E-state index contributed by atoms with van der Waals surface area (Å²) in [6.45, 7) is 8.00. The average Bonchev–Trinajstić information content (AvgIpc) is 2.29. The van der Waals surface area contributed by atoms with E-state index >= 15 is 0 Å². The predicted molar refractivity (Wildman–Crippen MR) is 69.1 cm³/mol. The SMILES string of the molecule is CC.CC.CI.[Y].[Y].c1ccccc1. The molecule has 14 heavy (non-hydrogen) atoms. The van der Waals surface area contributed by atoms with Gasteiger partial charge in [-0.2, -0.15) is 0 Å². The van der Waals surface area contributed by atoms with Crippen LogP contribution in [0.1, 0.15) is 27.7 Å². The molecule has 0 nitrogen and oxygen atoms in total. The Morgan fingerprint density at radius 1 is 0.500 bits per heavy atom. The van der Waals surface area contributed by atoms with Crippen molar-refractivity contribution in [1.82, 2.24) is 0 Å². The maximum Gasteiger partial charge on any atom is 0 e. The van der Waals surface area contributed by atoms with E-state index in [1.54, 1.807) is 0 Å². The molecule has 0 aliphatic carbocycles. The van der Waals surface area contributed by atoms with E-state index in [-0.39, 0.29) is 65.4 Å². The molecule has 0 atom stereocenters. The van der Waals surface area contributed by atoms with E-state index in [4.69, 9.17) is 0 Å². The maximum atomic E-state index is 2.15. The molecule has 0 aliphatic rings. The van der Waals surface area contributed by atoms with Crippen LogP contribution >= 0.6 is 22.6 Å².